The maximum atomic E-state index is 12.0. The molecule has 0 rings (SSSR count). The molecule has 0 aromatic heterocycles. The van der Waals surface area contributed by atoms with Crippen molar-refractivity contribution in [1.29, 1.82) is 0 Å². The molecular weight excluding hydrogens is 140 g/mol. The van der Waals surface area contributed by atoms with E-state index >= 15 is 0 Å². The Morgan fingerprint density at radius 3 is 2.40 bits per heavy atom. The first-order valence-corrected chi connectivity index (χ1v) is 3.00. The van der Waals surface area contributed by atoms with E-state index in [0.717, 1.165) is 6.92 Å². The second-order valence-electron chi connectivity index (χ2n) is 2.38. The Morgan fingerprint density at radius 2 is 2.10 bits per heavy atom. The normalized spacial score (nSPS) is 11.6. The Kier molecular flexibility index (Phi) is 3.42. The fraction of sp³-hybridized carbons (Fsp3) is 0.833. The summed E-state index contributed by atoms with van der Waals surface area (Å²) in [6.07, 6.45) is 0. The van der Waals surface area contributed by atoms with Gasteiger partial charge < -0.3 is 5.32 Å². The first kappa shape index (κ1) is 9.49. The van der Waals surface area contributed by atoms with E-state index in [4.69, 9.17) is 0 Å². The van der Waals surface area contributed by atoms with Crippen LogP contribution in [-0.4, -0.2) is 24.8 Å². The predicted octanol–water partition coefficient (Wildman–Crippen LogP) is 0.820. The number of carbonyl (C=O) groups excluding carboxylic acids is 1. The van der Waals surface area contributed by atoms with Crippen LogP contribution in [0.1, 0.15) is 13.8 Å². The highest BCUT2D eigenvalue weighted by molar-refractivity contribution is 5.77. The molecule has 0 fully saturated rings. The summed E-state index contributed by atoms with van der Waals surface area (Å²) >= 11 is 0. The second kappa shape index (κ2) is 3.61. The van der Waals surface area contributed by atoms with Crippen molar-refractivity contribution in [3.05, 3.63) is 0 Å². The van der Waals surface area contributed by atoms with Crippen molar-refractivity contribution in [2.75, 3.05) is 13.1 Å². The van der Waals surface area contributed by atoms with Gasteiger partial charge >= 0.3 is 0 Å². The monoisotopic (exact) mass is 151 g/mol. The van der Waals surface area contributed by atoms with Crippen LogP contribution < -0.4 is 5.32 Å². The van der Waals surface area contributed by atoms with Crippen LogP contribution in [0.25, 0.3) is 0 Å². The molecule has 0 aromatic carbocycles. The zero-order chi connectivity index (χ0) is 8.20. The quantitative estimate of drug-likeness (QED) is 0.644. The summed E-state index contributed by atoms with van der Waals surface area (Å²) in [5, 5.41) is 2.33. The number of nitrogens with one attached hydrogen (secondary N) is 1. The molecule has 0 aliphatic carbocycles. The molecule has 0 atom stereocenters. The number of rotatable bonds is 4. The number of ketones is 1. The van der Waals surface area contributed by atoms with E-state index in [9.17, 15) is 13.6 Å². The maximum absolute atomic E-state index is 12.0. The Bertz CT molecular complexity index is 119. The number of alkyl halides is 2. The summed E-state index contributed by atoms with van der Waals surface area (Å²) in [5.74, 6) is -2.86. The molecule has 0 amide bonds. The van der Waals surface area contributed by atoms with E-state index in [-0.39, 0.29) is 12.3 Å². The van der Waals surface area contributed by atoms with Crippen molar-refractivity contribution in [2.45, 2.75) is 19.8 Å². The zero-order valence-corrected chi connectivity index (χ0v) is 6.08. The lowest BCUT2D eigenvalue weighted by Gasteiger charge is -2.09. The topological polar surface area (TPSA) is 29.1 Å². The predicted molar refractivity (Wildman–Crippen MR) is 34.2 cm³/mol. The summed E-state index contributed by atoms with van der Waals surface area (Å²) in [5.41, 5.74) is 0. The smallest absolute Gasteiger partial charge is 0.257 e. The van der Waals surface area contributed by atoms with Gasteiger partial charge in [0.25, 0.3) is 5.92 Å². The highest BCUT2D eigenvalue weighted by Crippen LogP contribution is 2.08. The first-order chi connectivity index (χ1) is 4.42. The number of carbonyl (C=O) groups is 1. The van der Waals surface area contributed by atoms with Crippen LogP contribution in [-0.2, 0) is 4.79 Å². The molecule has 2 nitrogen and oxygen atoms in total. The number of hydrogen-bond acceptors (Lipinski definition) is 2. The highest BCUT2D eigenvalue weighted by Gasteiger charge is 2.19. The number of Topliss-reactive ketones (excluding diaryl/α,β-unsaturated/α-hetero) is 1. The lowest BCUT2D eigenvalue weighted by Crippen LogP contribution is -2.32. The van der Waals surface area contributed by atoms with Gasteiger partial charge in [0.15, 0.2) is 0 Å². The van der Waals surface area contributed by atoms with Gasteiger partial charge in [0, 0.05) is 6.92 Å². The maximum Gasteiger partial charge on any atom is 0.257 e. The van der Waals surface area contributed by atoms with Gasteiger partial charge in [-0.25, -0.2) is 8.78 Å². The molecule has 0 radical (unpaired) electrons. The van der Waals surface area contributed by atoms with Gasteiger partial charge in [0.05, 0.1) is 13.1 Å². The Labute approximate surface area is 58.6 Å². The highest BCUT2D eigenvalue weighted by atomic mass is 19.3. The molecular formula is C6H11F2NO. The Hall–Kier alpha value is -0.510. The molecule has 0 aromatic rings. The van der Waals surface area contributed by atoms with Crippen LogP contribution in [0.4, 0.5) is 8.78 Å². The summed E-state index contributed by atoms with van der Waals surface area (Å²) in [7, 11) is 0. The van der Waals surface area contributed by atoms with Gasteiger partial charge in [-0.1, -0.05) is 0 Å². The lowest BCUT2D eigenvalue weighted by atomic mass is 10.3. The van der Waals surface area contributed by atoms with E-state index in [1.165, 1.54) is 6.92 Å². The van der Waals surface area contributed by atoms with E-state index < -0.39 is 12.5 Å². The minimum Gasteiger partial charge on any atom is -0.304 e. The van der Waals surface area contributed by atoms with Crippen LogP contribution in [0.15, 0.2) is 0 Å². The third kappa shape index (κ3) is 7.49. The van der Waals surface area contributed by atoms with E-state index in [0.29, 0.717) is 0 Å². The molecule has 4 heteroatoms. The third-order valence-electron chi connectivity index (χ3n) is 0.809. The summed E-state index contributed by atoms with van der Waals surface area (Å²) in [4.78, 5) is 10.2. The minimum atomic E-state index is -2.73. The standard InChI is InChI=1S/C6H11F2NO/c1-5(10)3-9-4-6(2,7)8/h9H,3-4H2,1-2H3. The van der Waals surface area contributed by atoms with E-state index in [2.05, 4.69) is 5.32 Å². The van der Waals surface area contributed by atoms with Crippen LogP contribution in [0.2, 0.25) is 0 Å². The molecule has 60 valence electrons. The van der Waals surface area contributed by atoms with E-state index in [1.54, 1.807) is 0 Å². The molecule has 1 N–H and O–H groups in total. The average molecular weight is 151 g/mol. The van der Waals surface area contributed by atoms with Crippen LogP contribution in [0.3, 0.4) is 0 Å². The zero-order valence-electron chi connectivity index (χ0n) is 6.08. The fourth-order valence-electron chi connectivity index (χ4n) is 0.458. The van der Waals surface area contributed by atoms with Gasteiger partial charge in [-0.05, 0) is 6.92 Å². The van der Waals surface area contributed by atoms with Crippen molar-refractivity contribution in [3.63, 3.8) is 0 Å². The molecule has 0 spiro atoms. The molecule has 0 saturated heterocycles. The average Bonchev–Trinajstić information content (AvgIpc) is 1.59. The molecule has 0 aliphatic heterocycles. The van der Waals surface area contributed by atoms with Crippen molar-refractivity contribution >= 4 is 5.78 Å². The third-order valence-corrected chi connectivity index (χ3v) is 0.809. The fourth-order valence-corrected chi connectivity index (χ4v) is 0.458. The van der Waals surface area contributed by atoms with Crippen molar-refractivity contribution in [2.24, 2.45) is 0 Å². The van der Waals surface area contributed by atoms with Gasteiger partial charge in [-0.3, -0.25) is 4.79 Å². The Balaban J connectivity index is 3.29. The van der Waals surface area contributed by atoms with Gasteiger partial charge in [0.1, 0.15) is 5.78 Å². The molecule has 0 aliphatic rings. The van der Waals surface area contributed by atoms with Crippen molar-refractivity contribution in [3.8, 4) is 0 Å². The van der Waals surface area contributed by atoms with Crippen LogP contribution in [0.5, 0.6) is 0 Å². The Morgan fingerprint density at radius 1 is 1.60 bits per heavy atom. The van der Waals surface area contributed by atoms with Crippen molar-refractivity contribution < 1.29 is 13.6 Å². The van der Waals surface area contributed by atoms with Gasteiger partial charge in [0.2, 0.25) is 0 Å². The summed E-state index contributed by atoms with van der Waals surface area (Å²) in [6.45, 7) is 1.73. The van der Waals surface area contributed by atoms with Gasteiger partial charge in [-0.15, -0.1) is 0 Å². The van der Waals surface area contributed by atoms with Gasteiger partial charge in [-0.2, -0.15) is 0 Å². The molecule has 0 unspecified atom stereocenters. The molecule has 0 bridgehead atoms. The lowest BCUT2D eigenvalue weighted by molar-refractivity contribution is -0.116. The van der Waals surface area contributed by atoms with Crippen LogP contribution >= 0.6 is 0 Å². The number of halogens is 2. The van der Waals surface area contributed by atoms with Crippen molar-refractivity contribution in [1.82, 2.24) is 5.32 Å². The molecule has 0 saturated carbocycles. The van der Waals surface area contributed by atoms with E-state index in [1.807, 2.05) is 0 Å². The number of hydrogen-bond donors (Lipinski definition) is 1. The first-order valence-electron chi connectivity index (χ1n) is 3.00. The summed E-state index contributed by atoms with van der Waals surface area (Å²) in [6, 6.07) is 0. The van der Waals surface area contributed by atoms with Crippen LogP contribution in [0, 0.1) is 0 Å². The minimum absolute atomic E-state index is 0.0173. The second-order valence-corrected chi connectivity index (χ2v) is 2.38. The molecule has 0 heterocycles. The molecule has 10 heavy (non-hydrogen) atoms. The summed E-state index contributed by atoms with van der Waals surface area (Å²) < 4.78 is 24.0. The largest absolute Gasteiger partial charge is 0.304 e. The SMILES string of the molecule is CC(=O)CNCC(C)(F)F.